The first kappa shape index (κ1) is 42.5. The van der Waals surface area contributed by atoms with Crippen LogP contribution in [0.5, 0.6) is 0 Å². The van der Waals surface area contributed by atoms with E-state index in [2.05, 4.69) is 60.1 Å². The van der Waals surface area contributed by atoms with Crippen molar-refractivity contribution in [3.05, 3.63) is 124 Å². The maximum Gasteiger partial charge on any atom is 0.264 e. The summed E-state index contributed by atoms with van der Waals surface area (Å²) in [5.74, 6) is -0.503. The number of aryl methyl sites for hydroxylation is 3. The summed E-state index contributed by atoms with van der Waals surface area (Å²) in [5.41, 5.74) is 7.65. The lowest BCUT2D eigenvalue weighted by Crippen LogP contribution is -2.54. The number of aliphatic imine (C=N–C) groups is 1. The van der Waals surface area contributed by atoms with E-state index in [0.29, 0.717) is 22.9 Å². The molecule has 328 valence electrons. The van der Waals surface area contributed by atoms with Crippen LogP contribution in [0.3, 0.4) is 0 Å². The third kappa shape index (κ3) is 8.74. The van der Waals surface area contributed by atoms with Gasteiger partial charge in [-0.2, -0.15) is 5.10 Å². The van der Waals surface area contributed by atoms with Gasteiger partial charge in [0.2, 0.25) is 11.8 Å². The molecule has 6 aromatic rings. The number of benzene rings is 3. The first-order chi connectivity index (χ1) is 31.1. The monoisotopic (exact) mass is 880 g/mol. The van der Waals surface area contributed by atoms with Gasteiger partial charge in [0.15, 0.2) is 5.82 Å². The fourth-order valence-corrected chi connectivity index (χ4v) is 8.95. The van der Waals surface area contributed by atoms with Gasteiger partial charge < -0.3 is 5.32 Å². The molecule has 0 saturated carbocycles. The molecule has 9 rings (SSSR count). The van der Waals surface area contributed by atoms with Crippen molar-refractivity contribution in [2.75, 3.05) is 5.32 Å². The highest BCUT2D eigenvalue weighted by Crippen LogP contribution is 2.35. The fourth-order valence-electron chi connectivity index (χ4n) is 8.83. The average Bonchev–Trinajstić information content (AvgIpc) is 4.09. The van der Waals surface area contributed by atoms with Crippen LogP contribution in [0.4, 0.5) is 5.69 Å². The Morgan fingerprint density at radius 1 is 0.781 bits per heavy atom. The maximum atomic E-state index is 13.4. The molecule has 4 amide bonds. The zero-order valence-electron chi connectivity index (χ0n) is 35.8. The summed E-state index contributed by atoms with van der Waals surface area (Å²) in [5, 5.41) is 28.3. The number of nitrogens with one attached hydrogen (secondary N) is 2. The number of nitrogens with zero attached hydrogens (tertiary/aromatic N) is 10. The van der Waals surface area contributed by atoms with Crippen molar-refractivity contribution in [1.82, 2.24) is 49.8 Å². The third-order valence-corrected chi connectivity index (χ3v) is 12.4. The Morgan fingerprint density at radius 2 is 1.52 bits per heavy atom. The van der Waals surface area contributed by atoms with E-state index in [4.69, 9.17) is 21.7 Å². The number of imide groups is 2. The minimum absolute atomic E-state index is 0.0686. The molecule has 3 aliphatic rings. The van der Waals surface area contributed by atoms with Gasteiger partial charge in [0, 0.05) is 53.1 Å². The zero-order chi connectivity index (χ0) is 44.3. The van der Waals surface area contributed by atoms with Gasteiger partial charge >= 0.3 is 0 Å². The van der Waals surface area contributed by atoms with Gasteiger partial charge in [-0.15, -0.1) is 15.3 Å². The van der Waals surface area contributed by atoms with Gasteiger partial charge in [0.1, 0.15) is 23.6 Å². The molecular formula is C47H49ClN12O4. The Labute approximate surface area is 375 Å². The second-order valence-electron chi connectivity index (χ2n) is 16.7. The Hall–Kier alpha value is -6.81. The highest BCUT2D eigenvalue weighted by molar-refractivity contribution is 6.30. The van der Waals surface area contributed by atoms with E-state index in [0.717, 1.165) is 95.4 Å². The van der Waals surface area contributed by atoms with E-state index in [1.807, 2.05) is 59.9 Å². The number of carbonyl (C=O) groups is 4. The molecule has 6 heterocycles. The molecule has 1 fully saturated rings. The summed E-state index contributed by atoms with van der Waals surface area (Å²) in [7, 11) is 0. The second-order valence-corrected chi connectivity index (χ2v) is 17.1. The SMILES string of the molecule is Cc1nnc2n1-c1ccc(-c3cnn(CCCCCCCCCCn4cc(CNc5cccc6c5C(=O)N(C5CCC(=O)NC5=O)C6=O)nn4)c3)cc1C(c1ccc(Cl)cc1)=N[C@H]2C. The predicted octanol–water partition coefficient (Wildman–Crippen LogP) is 7.43. The highest BCUT2D eigenvalue weighted by Gasteiger charge is 2.45. The maximum absolute atomic E-state index is 13.4. The van der Waals surface area contributed by atoms with Crippen LogP contribution in [-0.4, -0.2) is 79.8 Å². The van der Waals surface area contributed by atoms with E-state index in [1.54, 1.807) is 18.2 Å². The van der Waals surface area contributed by atoms with Crippen molar-refractivity contribution in [3.63, 3.8) is 0 Å². The number of halogens is 1. The van der Waals surface area contributed by atoms with Crippen LogP contribution in [0, 0.1) is 6.92 Å². The number of fused-ring (bicyclic) bond motifs is 4. The molecule has 1 saturated heterocycles. The molecule has 0 radical (unpaired) electrons. The molecule has 2 atom stereocenters. The molecule has 2 N–H and O–H groups in total. The smallest absolute Gasteiger partial charge is 0.264 e. The highest BCUT2D eigenvalue weighted by atomic mass is 35.5. The van der Waals surface area contributed by atoms with Crippen molar-refractivity contribution in [2.45, 2.75) is 110 Å². The molecule has 16 nitrogen and oxygen atoms in total. The summed E-state index contributed by atoms with van der Waals surface area (Å²) in [6, 6.07) is 18.1. The number of hydrogen-bond donors (Lipinski definition) is 2. The Bertz CT molecular complexity index is 2770. The average molecular weight is 881 g/mol. The summed E-state index contributed by atoms with van der Waals surface area (Å²) in [6.07, 6.45) is 15.2. The molecule has 0 bridgehead atoms. The molecule has 3 aromatic carbocycles. The normalized spacial score (nSPS) is 16.9. The van der Waals surface area contributed by atoms with E-state index in [-0.39, 0.29) is 30.0 Å². The standard InChI is InChI=1S/C47H49ClN12O4/c1-29-44-55-53-30(2)59(44)39-19-16-32(24-37(39)43(51-29)31-14-17-34(48)18-15-31)33-25-50-57(27-33)22-9-7-5-3-4-6-8-10-23-58-28-35(54-56-58)26-49-38-13-11-12-36-42(38)47(64)60(46(36)63)40-20-21-41(61)52-45(40)62/h11-19,24-25,27-29,40,49H,3-10,20-23,26H2,1-2H3,(H,52,61,62)/t29-,40?/m0/s1. The summed E-state index contributed by atoms with van der Waals surface area (Å²) in [6.45, 7) is 5.96. The zero-order valence-corrected chi connectivity index (χ0v) is 36.6. The number of hydrogen-bond acceptors (Lipinski definition) is 11. The number of anilines is 1. The molecular weight excluding hydrogens is 832 g/mol. The van der Waals surface area contributed by atoms with Gasteiger partial charge in [0.05, 0.1) is 41.5 Å². The van der Waals surface area contributed by atoms with E-state index < -0.39 is 29.7 Å². The summed E-state index contributed by atoms with van der Waals surface area (Å²) < 4.78 is 5.98. The van der Waals surface area contributed by atoms with Crippen LogP contribution in [0.25, 0.3) is 16.8 Å². The third-order valence-electron chi connectivity index (χ3n) is 12.2. The Morgan fingerprint density at radius 3 is 2.28 bits per heavy atom. The van der Waals surface area contributed by atoms with Crippen molar-refractivity contribution in [3.8, 4) is 16.8 Å². The molecule has 17 heteroatoms. The van der Waals surface area contributed by atoms with Crippen molar-refractivity contribution < 1.29 is 19.2 Å². The lowest BCUT2D eigenvalue weighted by molar-refractivity contribution is -0.136. The van der Waals surface area contributed by atoms with Crippen LogP contribution in [0.1, 0.15) is 126 Å². The number of carbonyl (C=O) groups excluding carboxylic acids is 4. The van der Waals surface area contributed by atoms with Crippen LogP contribution < -0.4 is 10.6 Å². The first-order valence-corrected chi connectivity index (χ1v) is 22.4. The van der Waals surface area contributed by atoms with E-state index >= 15 is 0 Å². The molecule has 3 aliphatic heterocycles. The van der Waals surface area contributed by atoms with Crippen LogP contribution in [0.15, 0.2) is 84.2 Å². The number of unbranched alkanes of at least 4 members (excludes halogenated alkanes) is 7. The summed E-state index contributed by atoms with van der Waals surface area (Å²) >= 11 is 6.25. The number of piperidine rings is 1. The quantitative estimate of drug-likeness (QED) is 0.0689. The van der Waals surface area contributed by atoms with Crippen molar-refractivity contribution >= 4 is 46.6 Å². The van der Waals surface area contributed by atoms with Gasteiger partial charge in [-0.3, -0.25) is 48.3 Å². The van der Waals surface area contributed by atoms with Gasteiger partial charge in [-0.05, 0) is 75.1 Å². The summed E-state index contributed by atoms with van der Waals surface area (Å²) in [4.78, 5) is 56.7. The lowest BCUT2D eigenvalue weighted by Gasteiger charge is -2.27. The number of aromatic nitrogens is 8. The molecule has 3 aromatic heterocycles. The van der Waals surface area contributed by atoms with E-state index in [9.17, 15) is 19.2 Å². The first-order valence-electron chi connectivity index (χ1n) is 22.0. The molecule has 64 heavy (non-hydrogen) atoms. The molecule has 0 spiro atoms. The largest absolute Gasteiger partial charge is 0.379 e. The van der Waals surface area contributed by atoms with Gasteiger partial charge in [0.25, 0.3) is 11.8 Å². The Balaban J connectivity index is 0.693. The van der Waals surface area contributed by atoms with Crippen LogP contribution in [0.2, 0.25) is 5.02 Å². The topological polar surface area (TPSA) is 187 Å². The minimum Gasteiger partial charge on any atom is -0.379 e. The van der Waals surface area contributed by atoms with E-state index in [1.165, 1.54) is 19.3 Å². The number of amides is 4. The van der Waals surface area contributed by atoms with Crippen molar-refractivity contribution in [1.29, 1.82) is 0 Å². The van der Waals surface area contributed by atoms with Crippen molar-refractivity contribution in [2.24, 2.45) is 4.99 Å². The molecule has 0 aliphatic carbocycles. The predicted molar refractivity (Wildman–Crippen MR) is 240 cm³/mol. The fraction of sp³-hybridized carbons (Fsp3) is 0.362. The number of rotatable bonds is 17. The minimum atomic E-state index is -1.01. The van der Waals surface area contributed by atoms with Crippen LogP contribution >= 0.6 is 11.6 Å². The van der Waals surface area contributed by atoms with Gasteiger partial charge in [-0.1, -0.05) is 79.6 Å². The second kappa shape index (κ2) is 18.5. The molecule has 1 unspecified atom stereocenters. The lowest BCUT2D eigenvalue weighted by atomic mass is 9.96. The van der Waals surface area contributed by atoms with Crippen LogP contribution in [-0.2, 0) is 29.2 Å². The van der Waals surface area contributed by atoms with Gasteiger partial charge in [-0.25, -0.2) is 0 Å². The Kier molecular flexibility index (Phi) is 12.3.